The predicted molar refractivity (Wildman–Crippen MR) is 176 cm³/mol. The third kappa shape index (κ3) is 10.6. The third-order valence-electron chi connectivity index (χ3n) is 8.57. The average Bonchev–Trinajstić information content (AvgIpc) is 3.82. The van der Waals surface area contributed by atoms with Gasteiger partial charge < -0.3 is 42.8 Å². The Kier molecular flexibility index (Phi) is 12.9. The van der Waals surface area contributed by atoms with E-state index in [1.807, 2.05) is 29.2 Å². The van der Waals surface area contributed by atoms with Crippen LogP contribution in [0.2, 0.25) is 0 Å². The molecule has 2 heterocycles. The Morgan fingerprint density at radius 3 is 2.09 bits per heavy atom. The van der Waals surface area contributed by atoms with Gasteiger partial charge in [0.15, 0.2) is 5.78 Å². The highest BCUT2D eigenvalue weighted by atomic mass is 16.6. The standard InChI is InChI=1S/C35H48N5O7/c1-5-6-28(36)26-11-7-24(8-12-26)19-29(32(42)35(3)22-47-35)38-34(44)30(20-25-9-13-27(45-4)14-10-25)39-33(43)23(2)37-31(41)21-40-15-17-46-18-16-40/h7-14,23,28-30H,1,5-6,15-22,36H2,2-4H3,(H,37,41)(H,38,44)(H,39,43)/q-1. The summed E-state index contributed by atoms with van der Waals surface area (Å²) in [5.41, 5.74) is 7.83. The quantitative estimate of drug-likeness (QED) is 0.146. The predicted octanol–water partition coefficient (Wildman–Crippen LogP) is 1.26. The van der Waals surface area contributed by atoms with Crippen LogP contribution in [0.15, 0.2) is 48.5 Å². The maximum absolute atomic E-state index is 13.9. The van der Waals surface area contributed by atoms with E-state index in [2.05, 4.69) is 22.9 Å². The molecule has 2 aromatic carbocycles. The van der Waals surface area contributed by atoms with Gasteiger partial charge in [0, 0.05) is 25.6 Å². The number of nitrogens with one attached hydrogen (secondary N) is 3. The van der Waals surface area contributed by atoms with Crippen LogP contribution in [0.1, 0.15) is 49.4 Å². The number of hydrogen-bond donors (Lipinski definition) is 4. The van der Waals surface area contributed by atoms with Gasteiger partial charge in [-0.2, -0.15) is 6.42 Å². The molecule has 2 saturated heterocycles. The van der Waals surface area contributed by atoms with Gasteiger partial charge in [-0.15, -0.1) is 0 Å². The second-order valence-electron chi connectivity index (χ2n) is 12.4. The largest absolute Gasteiger partial charge is 0.497 e. The zero-order chi connectivity index (χ0) is 34.0. The lowest BCUT2D eigenvalue weighted by Gasteiger charge is -2.27. The Balaban J connectivity index is 1.48. The maximum Gasteiger partial charge on any atom is 0.243 e. The molecule has 2 aliphatic heterocycles. The number of ether oxygens (including phenoxy) is 3. The molecule has 2 aromatic rings. The van der Waals surface area contributed by atoms with Crippen molar-refractivity contribution in [1.82, 2.24) is 20.9 Å². The SMILES string of the molecule is [CH2-]CCC(N)c1ccc(CC(NC(=O)C(Cc2ccc(OC)cc2)NC(=O)C(C)NC(=O)CN2CCOCC2)C(=O)C2(C)CO2)cc1. The van der Waals surface area contributed by atoms with Gasteiger partial charge >= 0.3 is 0 Å². The maximum atomic E-state index is 13.9. The number of carbonyl (C=O) groups is 4. The number of ketones is 1. The van der Waals surface area contributed by atoms with E-state index in [-0.39, 0.29) is 43.7 Å². The molecule has 2 aliphatic rings. The summed E-state index contributed by atoms with van der Waals surface area (Å²) in [6, 6.07) is 11.8. The van der Waals surface area contributed by atoms with Gasteiger partial charge in [0.05, 0.1) is 39.5 Å². The molecule has 3 amide bonds. The number of hydrogen-bond acceptors (Lipinski definition) is 9. The van der Waals surface area contributed by atoms with Crippen molar-refractivity contribution in [2.24, 2.45) is 5.73 Å². The van der Waals surface area contributed by atoms with Crippen LogP contribution in [-0.4, -0.2) is 98.7 Å². The van der Waals surface area contributed by atoms with Crippen molar-refractivity contribution in [3.63, 3.8) is 0 Å². The molecule has 12 nitrogen and oxygen atoms in total. The highest BCUT2D eigenvalue weighted by Gasteiger charge is 2.50. The molecule has 5 atom stereocenters. The van der Waals surface area contributed by atoms with Crippen molar-refractivity contribution in [3.8, 4) is 5.75 Å². The molecule has 2 fully saturated rings. The molecule has 0 radical (unpaired) electrons. The summed E-state index contributed by atoms with van der Waals surface area (Å²) in [7, 11) is 1.56. The lowest BCUT2D eigenvalue weighted by atomic mass is 9.93. The van der Waals surface area contributed by atoms with Crippen LogP contribution in [0.5, 0.6) is 5.75 Å². The van der Waals surface area contributed by atoms with Gasteiger partial charge in [-0.05, 0) is 49.1 Å². The fraction of sp³-hybridized carbons (Fsp3) is 0.514. The van der Waals surface area contributed by atoms with Gasteiger partial charge in [0.1, 0.15) is 23.4 Å². The van der Waals surface area contributed by atoms with Crippen LogP contribution >= 0.6 is 0 Å². The summed E-state index contributed by atoms with van der Waals surface area (Å²) >= 11 is 0. The first-order valence-corrected chi connectivity index (χ1v) is 16.2. The monoisotopic (exact) mass is 650 g/mol. The van der Waals surface area contributed by atoms with Crippen molar-refractivity contribution in [1.29, 1.82) is 0 Å². The Hall–Kier alpha value is -3.84. The van der Waals surface area contributed by atoms with Crippen LogP contribution in [0, 0.1) is 6.92 Å². The van der Waals surface area contributed by atoms with E-state index in [1.54, 1.807) is 45.2 Å². The first kappa shape index (κ1) is 36.0. The minimum atomic E-state index is -1.04. The normalized spacial score (nSPS) is 20.3. The van der Waals surface area contributed by atoms with Gasteiger partial charge in [0.2, 0.25) is 17.7 Å². The Morgan fingerprint density at radius 1 is 0.936 bits per heavy atom. The number of methoxy groups -OCH3 is 1. The fourth-order valence-corrected chi connectivity index (χ4v) is 5.44. The number of epoxide rings is 1. The molecular weight excluding hydrogens is 602 g/mol. The zero-order valence-corrected chi connectivity index (χ0v) is 27.6. The van der Waals surface area contributed by atoms with Gasteiger partial charge in [-0.1, -0.05) is 42.8 Å². The number of Topliss-reactive ketones (excluding diaryl/α,β-unsaturated/α-hetero) is 1. The van der Waals surface area contributed by atoms with Crippen molar-refractivity contribution < 1.29 is 33.4 Å². The lowest BCUT2D eigenvalue weighted by Crippen LogP contribution is -2.57. The molecule has 5 unspecified atom stereocenters. The van der Waals surface area contributed by atoms with E-state index in [4.69, 9.17) is 19.9 Å². The average molecular weight is 651 g/mol. The smallest absolute Gasteiger partial charge is 0.243 e. The molecule has 47 heavy (non-hydrogen) atoms. The van der Waals surface area contributed by atoms with Crippen LogP contribution < -0.4 is 26.4 Å². The minimum Gasteiger partial charge on any atom is -0.497 e. The summed E-state index contributed by atoms with van der Waals surface area (Å²) in [6.45, 7) is 9.92. The molecule has 0 spiro atoms. The number of rotatable bonds is 17. The van der Waals surface area contributed by atoms with Crippen molar-refractivity contribution in [2.75, 3.05) is 46.6 Å². The lowest BCUT2D eigenvalue weighted by molar-refractivity contribution is -0.134. The van der Waals surface area contributed by atoms with E-state index in [9.17, 15) is 19.2 Å². The molecule has 0 aromatic heterocycles. The van der Waals surface area contributed by atoms with Crippen LogP contribution in [0.4, 0.5) is 0 Å². The zero-order valence-electron chi connectivity index (χ0n) is 27.6. The number of amides is 3. The van der Waals surface area contributed by atoms with E-state index >= 15 is 0 Å². The second-order valence-corrected chi connectivity index (χ2v) is 12.4. The summed E-state index contributed by atoms with van der Waals surface area (Å²) in [4.78, 5) is 55.4. The first-order valence-electron chi connectivity index (χ1n) is 16.2. The third-order valence-corrected chi connectivity index (χ3v) is 8.57. The minimum absolute atomic E-state index is 0.133. The Labute approximate surface area is 277 Å². The molecule has 0 saturated carbocycles. The van der Waals surface area contributed by atoms with Crippen LogP contribution in [0.3, 0.4) is 0 Å². The van der Waals surface area contributed by atoms with Gasteiger partial charge in [-0.25, -0.2) is 0 Å². The summed E-state index contributed by atoms with van der Waals surface area (Å²) in [5, 5.41) is 8.44. The first-order chi connectivity index (χ1) is 22.5. The van der Waals surface area contributed by atoms with Crippen molar-refractivity contribution in [3.05, 3.63) is 72.1 Å². The topological polar surface area (TPSA) is 165 Å². The molecule has 12 heteroatoms. The number of benzene rings is 2. The molecule has 0 bridgehead atoms. The Morgan fingerprint density at radius 2 is 1.51 bits per heavy atom. The summed E-state index contributed by atoms with van der Waals surface area (Å²) in [6.07, 6.45) is 1.84. The van der Waals surface area contributed by atoms with Crippen LogP contribution in [0.25, 0.3) is 0 Å². The van der Waals surface area contributed by atoms with Crippen molar-refractivity contribution in [2.45, 2.75) is 69.3 Å². The molecule has 4 rings (SSSR count). The van der Waals surface area contributed by atoms with Gasteiger partial charge in [-0.3, -0.25) is 24.1 Å². The highest BCUT2D eigenvalue weighted by Crippen LogP contribution is 2.29. The van der Waals surface area contributed by atoms with E-state index in [1.165, 1.54) is 0 Å². The molecule has 256 valence electrons. The number of carbonyl (C=O) groups excluding carboxylic acids is 4. The molecular formula is C35H48N5O7-. The summed E-state index contributed by atoms with van der Waals surface area (Å²) in [5.74, 6) is -0.951. The van der Waals surface area contributed by atoms with E-state index in [0.717, 1.165) is 29.5 Å². The highest BCUT2D eigenvalue weighted by molar-refractivity contribution is 5.98. The number of morpholine rings is 1. The van der Waals surface area contributed by atoms with Crippen LogP contribution in [-0.2, 0) is 41.5 Å². The van der Waals surface area contributed by atoms with Crippen molar-refractivity contribution >= 4 is 23.5 Å². The summed E-state index contributed by atoms with van der Waals surface area (Å²) < 4.78 is 16.0. The second kappa shape index (κ2) is 16.8. The molecule has 5 N–H and O–H groups in total. The fourth-order valence-electron chi connectivity index (χ4n) is 5.44. The Bertz CT molecular complexity index is 1360. The molecule has 0 aliphatic carbocycles. The van der Waals surface area contributed by atoms with E-state index < -0.39 is 35.5 Å². The van der Waals surface area contributed by atoms with E-state index in [0.29, 0.717) is 32.1 Å². The number of nitrogens with two attached hydrogens (primary N) is 1. The number of nitrogens with zero attached hydrogens (tertiary/aromatic N) is 1. The van der Waals surface area contributed by atoms with Gasteiger partial charge in [0.25, 0.3) is 0 Å².